The average Bonchev–Trinajstić information content (AvgIpc) is 2.82. The van der Waals surface area contributed by atoms with E-state index in [1.165, 1.54) is 6.92 Å². The predicted octanol–water partition coefficient (Wildman–Crippen LogP) is 1.93. The molecule has 22 heavy (non-hydrogen) atoms. The van der Waals surface area contributed by atoms with Crippen molar-refractivity contribution in [2.24, 2.45) is 0 Å². The van der Waals surface area contributed by atoms with Crippen molar-refractivity contribution >= 4 is 33.9 Å². The number of rotatable bonds is 4. The van der Waals surface area contributed by atoms with Gasteiger partial charge >= 0.3 is 5.97 Å². The van der Waals surface area contributed by atoms with Gasteiger partial charge in [0.05, 0.1) is 6.10 Å². The molecule has 7 nitrogen and oxygen atoms in total. The number of carbonyl (C=O) groups is 1. The van der Waals surface area contributed by atoms with Crippen molar-refractivity contribution in [1.82, 2.24) is 9.97 Å². The number of hydrogen-bond acceptors (Lipinski definition) is 6. The van der Waals surface area contributed by atoms with Crippen LogP contribution in [0.2, 0.25) is 0 Å². The van der Waals surface area contributed by atoms with Crippen LogP contribution in [0.4, 0.5) is 5.82 Å². The molecular weight excluding hydrogens is 286 g/mol. The van der Waals surface area contributed by atoms with E-state index in [-0.39, 0.29) is 5.82 Å². The lowest BCUT2D eigenvalue weighted by atomic mass is 10.2. The average molecular weight is 301 g/mol. The number of anilines is 1. The van der Waals surface area contributed by atoms with E-state index in [2.05, 4.69) is 15.3 Å². The van der Waals surface area contributed by atoms with E-state index in [0.717, 1.165) is 5.39 Å². The van der Waals surface area contributed by atoms with Crippen molar-refractivity contribution in [3.8, 4) is 0 Å². The van der Waals surface area contributed by atoms with Crippen molar-refractivity contribution in [2.45, 2.75) is 26.0 Å². The second-order valence-electron chi connectivity index (χ2n) is 5.10. The van der Waals surface area contributed by atoms with E-state index < -0.39 is 18.1 Å². The third-order valence-electron chi connectivity index (χ3n) is 3.37. The molecule has 0 spiro atoms. The van der Waals surface area contributed by atoms with Gasteiger partial charge in [0.15, 0.2) is 17.4 Å². The number of fused-ring (bicyclic) bond motifs is 3. The summed E-state index contributed by atoms with van der Waals surface area (Å²) >= 11 is 0. The number of nitrogens with one attached hydrogen (secondary N) is 1. The molecule has 0 fully saturated rings. The Hall–Kier alpha value is -2.67. The number of carboxylic acids is 1. The molecule has 2 aromatic heterocycles. The van der Waals surface area contributed by atoms with E-state index in [1.54, 1.807) is 13.0 Å². The molecule has 0 radical (unpaired) electrons. The monoisotopic (exact) mass is 301 g/mol. The van der Waals surface area contributed by atoms with Crippen LogP contribution in [-0.4, -0.2) is 38.3 Å². The van der Waals surface area contributed by atoms with Gasteiger partial charge < -0.3 is 19.9 Å². The van der Waals surface area contributed by atoms with Crippen LogP contribution in [-0.2, 0) is 4.79 Å². The molecule has 0 aliphatic carbocycles. The zero-order valence-electron chi connectivity index (χ0n) is 12.1. The van der Waals surface area contributed by atoms with E-state index in [9.17, 15) is 15.0 Å². The maximum absolute atomic E-state index is 11.2. The van der Waals surface area contributed by atoms with Crippen LogP contribution < -0.4 is 5.32 Å². The number of aryl methyl sites for hydroxylation is 1. The summed E-state index contributed by atoms with van der Waals surface area (Å²) in [7, 11) is 0. The van der Waals surface area contributed by atoms with Crippen molar-refractivity contribution < 1.29 is 19.4 Å². The van der Waals surface area contributed by atoms with E-state index in [4.69, 9.17) is 4.42 Å². The minimum atomic E-state index is -1.19. The van der Waals surface area contributed by atoms with Gasteiger partial charge in [0.1, 0.15) is 16.9 Å². The predicted molar refractivity (Wildman–Crippen MR) is 80.8 cm³/mol. The van der Waals surface area contributed by atoms with Crippen LogP contribution in [0.1, 0.15) is 12.7 Å². The second-order valence-corrected chi connectivity index (χ2v) is 5.10. The van der Waals surface area contributed by atoms with Gasteiger partial charge in [0, 0.05) is 5.39 Å². The highest BCUT2D eigenvalue weighted by molar-refractivity contribution is 6.05. The zero-order chi connectivity index (χ0) is 15.9. The number of aliphatic carboxylic acids is 1. The lowest BCUT2D eigenvalue weighted by Crippen LogP contribution is -2.39. The van der Waals surface area contributed by atoms with Crippen LogP contribution in [0.15, 0.2) is 28.7 Å². The minimum absolute atomic E-state index is 0.256. The fourth-order valence-corrected chi connectivity index (χ4v) is 2.34. The van der Waals surface area contributed by atoms with E-state index in [1.807, 2.05) is 18.2 Å². The van der Waals surface area contributed by atoms with Gasteiger partial charge in [0.2, 0.25) is 0 Å². The summed E-state index contributed by atoms with van der Waals surface area (Å²) in [6, 6.07) is 6.21. The molecule has 0 saturated carbocycles. The highest BCUT2D eigenvalue weighted by Crippen LogP contribution is 2.31. The Morgan fingerprint density at radius 2 is 2.05 bits per heavy atom. The molecule has 2 atom stereocenters. The van der Waals surface area contributed by atoms with Gasteiger partial charge in [-0.15, -0.1) is 0 Å². The first kappa shape index (κ1) is 14.3. The summed E-state index contributed by atoms with van der Waals surface area (Å²) in [4.78, 5) is 19.8. The van der Waals surface area contributed by atoms with Crippen molar-refractivity contribution in [1.29, 1.82) is 0 Å². The number of hydrogen-bond donors (Lipinski definition) is 3. The summed E-state index contributed by atoms with van der Waals surface area (Å²) in [5, 5.41) is 22.4. The molecule has 0 bridgehead atoms. The normalized spacial score (nSPS) is 14.1. The maximum atomic E-state index is 11.2. The molecule has 0 unspecified atom stereocenters. The largest absolute Gasteiger partial charge is 0.480 e. The number of carboxylic acid groups (broad SMARTS) is 1. The number of aliphatic hydroxyl groups excluding tert-OH is 1. The lowest BCUT2D eigenvalue weighted by molar-refractivity contribution is -0.140. The molecule has 0 amide bonds. The van der Waals surface area contributed by atoms with Gasteiger partial charge in [-0.3, -0.25) is 0 Å². The van der Waals surface area contributed by atoms with Gasteiger partial charge in [-0.25, -0.2) is 14.8 Å². The topological polar surface area (TPSA) is 108 Å². The number of furan rings is 1. The van der Waals surface area contributed by atoms with E-state index >= 15 is 0 Å². The molecule has 114 valence electrons. The highest BCUT2D eigenvalue weighted by atomic mass is 16.4. The molecule has 0 aliphatic heterocycles. The third kappa shape index (κ3) is 2.35. The van der Waals surface area contributed by atoms with Crippen LogP contribution in [0.5, 0.6) is 0 Å². The van der Waals surface area contributed by atoms with Crippen LogP contribution in [0.3, 0.4) is 0 Å². The van der Waals surface area contributed by atoms with Gasteiger partial charge in [-0.05, 0) is 26.0 Å². The molecule has 0 saturated heterocycles. The minimum Gasteiger partial charge on any atom is -0.480 e. The molecule has 1 aromatic carbocycles. The fourth-order valence-electron chi connectivity index (χ4n) is 2.34. The Morgan fingerprint density at radius 3 is 2.73 bits per heavy atom. The third-order valence-corrected chi connectivity index (χ3v) is 3.37. The Balaban J connectivity index is 2.18. The zero-order valence-corrected chi connectivity index (χ0v) is 12.1. The van der Waals surface area contributed by atoms with Gasteiger partial charge in [0.25, 0.3) is 0 Å². The van der Waals surface area contributed by atoms with Crippen molar-refractivity contribution in [2.75, 3.05) is 5.32 Å². The van der Waals surface area contributed by atoms with Crippen molar-refractivity contribution in [3.63, 3.8) is 0 Å². The molecule has 3 N–H and O–H groups in total. The Bertz CT molecular complexity index is 856. The number of benzene rings is 1. The standard InChI is InChI=1S/C15H15N3O4/c1-7(19)11(15(20)21)18-14-13-12(16-8(2)17-14)9-5-3-4-6-10(9)22-13/h3-7,11,19H,1-2H3,(H,20,21)(H,16,17,18)/t7-,11-/m0/s1. The molecule has 2 heterocycles. The molecule has 7 heteroatoms. The Morgan fingerprint density at radius 1 is 1.32 bits per heavy atom. The fraction of sp³-hybridized carbons (Fsp3) is 0.267. The first-order valence-corrected chi connectivity index (χ1v) is 6.80. The molecule has 0 aliphatic rings. The maximum Gasteiger partial charge on any atom is 0.328 e. The van der Waals surface area contributed by atoms with Crippen LogP contribution in [0, 0.1) is 6.92 Å². The van der Waals surface area contributed by atoms with Crippen LogP contribution >= 0.6 is 0 Å². The van der Waals surface area contributed by atoms with Gasteiger partial charge in [-0.1, -0.05) is 12.1 Å². The molecular formula is C15H15N3O4. The first-order chi connectivity index (χ1) is 10.5. The summed E-state index contributed by atoms with van der Waals surface area (Å²) in [6.07, 6.45) is -1.09. The summed E-state index contributed by atoms with van der Waals surface area (Å²) < 4.78 is 5.74. The smallest absolute Gasteiger partial charge is 0.328 e. The summed E-state index contributed by atoms with van der Waals surface area (Å²) in [6.45, 7) is 3.11. The lowest BCUT2D eigenvalue weighted by Gasteiger charge is -2.17. The second kappa shape index (κ2) is 5.27. The molecule has 3 rings (SSSR count). The Kier molecular flexibility index (Phi) is 3.42. The van der Waals surface area contributed by atoms with Gasteiger partial charge in [-0.2, -0.15) is 0 Å². The highest BCUT2D eigenvalue weighted by Gasteiger charge is 2.25. The SMILES string of the molecule is Cc1nc(N[C@H](C(=O)O)[C@H](C)O)c2oc3ccccc3c2n1. The van der Waals surface area contributed by atoms with E-state index in [0.29, 0.717) is 22.5 Å². The molecule has 3 aromatic rings. The number of aliphatic hydroxyl groups is 1. The van der Waals surface area contributed by atoms with Crippen molar-refractivity contribution in [3.05, 3.63) is 30.1 Å². The van der Waals surface area contributed by atoms with Crippen LogP contribution in [0.25, 0.3) is 22.1 Å². The number of para-hydroxylation sites is 1. The number of aromatic nitrogens is 2. The number of nitrogens with zero attached hydrogens (tertiary/aromatic N) is 2. The summed E-state index contributed by atoms with van der Waals surface area (Å²) in [5.74, 6) is -0.432. The summed E-state index contributed by atoms with van der Waals surface area (Å²) in [5.41, 5.74) is 1.63. The quantitative estimate of drug-likeness (QED) is 0.675. The first-order valence-electron chi connectivity index (χ1n) is 6.80. The Labute approximate surface area is 125 Å².